The van der Waals surface area contributed by atoms with Gasteiger partial charge >= 0.3 is 0 Å². The van der Waals surface area contributed by atoms with Crippen LogP contribution >= 0.6 is 0 Å². The van der Waals surface area contributed by atoms with E-state index in [-0.39, 0.29) is 0 Å². The predicted octanol–water partition coefficient (Wildman–Crippen LogP) is 1.49. The van der Waals surface area contributed by atoms with Gasteiger partial charge in [-0.15, -0.1) is 0 Å². The van der Waals surface area contributed by atoms with Crippen molar-refractivity contribution < 1.29 is 4.42 Å². The Balaban J connectivity index is 1.65. The van der Waals surface area contributed by atoms with Crippen LogP contribution in [0.5, 0.6) is 0 Å². The van der Waals surface area contributed by atoms with E-state index in [4.69, 9.17) is 4.42 Å². The van der Waals surface area contributed by atoms with Crippen LogP contribution in [0.25, 0.3) is 11.1 Å². The number of benzene rings is 1. The van der Waals surface area contributed by atoms with E-state index >= 15 is 0 Å². The van der Waals surface area contributed by atoms with E-state index in [1.165, 1.54) is 0 Å². The number of hydrogen-bond donors (Lipinski definition) is 1. The van der Waals surface area contributed by atoms with Gasteiger partial charge in [0.05, 0.1) is 0 Å². The number of hydrogen-bond acceptors (Lipinski definition) is 5. The summed E-state index contributed by atoms with van der Waals surface area (Å²) in [5, 5.41) is 3.31. The molecule has 1 atom stereocenters. The van der Waals surface area contributed by atoms with Crippen molar-refractivity contribution in [2.24, 2.45) is 0 Å². The molecule has 1 fully saturated rings. The molecule has 1 aromatic heterocycles. The summed E-state index contributed by atoms with van der Waals surface area (Å²) >= 11 is 0. The third kappa shape index (κ3) is 2.72. The Morgan fingerprint density at radius 2 is 2.16 bits per heavy atom. The van der Waals surface area contributed by atoms with Gasteiger partial charge in [0.1, 0.15) is 5.52 Å². The van der Waals surface area contributed by atoms with Crippen LogP contribution in [0, 0.1) is 0 Å². The van der Waals surface area contributed by atoms with Crippen LogP contribution < -0.4 is 5.32 Å². The molecule has 0 amide bonds. The Kier molecular flexibility index (Phi) is 3.40. The van der Waals surface area contributed by atoms with Crippen molar-refractivity contribution in [3.8, 4) is 0 Å². The molecule has 1 unspecified atom stereocenters. The molecule has 2 heterocycles. The van der Waals surface area contributed by atoms with Gasteiger partial charge in [-0.2, -0.15) is 4.98 Å². The molecule has 0 radical (unpaired) electrons. The Morgan fingerprint density at radius 1 is 1.32 bits per heavy atom. The maximum absolute atomic E-state index is 5.67. The predicted molar refractivity (Wildman–Crippen MR) is 76.4 cm³/mol. The molecule has 5 nitrogen and oxygen atoms in total. The van der Waals surface area contributed by atoms with Gasteiger partial charge in [0.2, 0.25) is 0 Å². The fraction of sp³-hybridized carbons (Fsp3) is 0.500. The lowest BCUT2D eigenvalue weighted by atomic mass is 10.2. The highest BCUT2D eigenvalue weighted by atomic mass is 16.4. The van der Waals surface area contributed by atoms with Gasteiger partial charge in [-0.25, -0.2) is 0 Å². The summed E-state index contributed by atoms with van der Waals surface area (Å²) in [6.45, 7) is 4.17. The molecule has 2 aromatic rings. The molecule has 1 N–H and O–H groups in total. The highest BCUT2D eigenvalue weighted by Gasteiger charge is 2.22. The quantitative estimate of drug-likeness (QED) is 0.905. The van der Waals surface area contributed by atoms with E-state index in [9.17, 15) is 0 Å². The number of likely N-dealkylation sites (N-methyl/N-ethyl adjacent to an activating group) is 2. The van der Waals surface area contributed by atoms with Crippen LogP contribution in [0.3, 0.4) is 0 Å². The van der Waals surface area contributed by atoms with Crippen molar-refractivity contribution >= 4 is 17.1 Å². The van der Waals surface area contributed by atoms with Crippen LogP contribution in [0.15, 0.2) is 28.7 Å². The van der Waals surface area contributed by atoms with E-state index in [2.05, 4.69) is 34.2 Å². The zero-order chi connectivity index (χ0) is 13.2. The van der Waals surface area contributed by atoms with Crippen LogP contribution in [0.2, 0.25) is 0 Å². The highest BCUT2D eigenvalue weighted by molar-refractivity contribution is 5.74. The lowest BCUT2D eigenvalue weighted by Crippen LogP contribution is -2.52. The van der Waals surface area contributed by atoms with Crippen LogP contribution in [0.4, 0.5) is 6.01 Å². The van der Waals surface area contributed by atoms with Gasteiger partial charge in [0.15, 0.2) is 5.58 Å². The molecule has 1 aliphatic rings. The number of oxazole rings is 1. The minimum Gasteiger partial charge on any atom is -0.424 e. The lowest BCUT2D eigenvalue weighted by Gasteiger charge is -2.37. The second kappa shape index (κ2) is 5.19. The number of para-hydroxylation sites is 2. The van der Waals surface area contributed by atoms with E-state index < -0.39 is 0 Å². The van der Waals surface area contributed by atoms with Crippen LogP contribution in [-0.2, 0) is 0 Å². The molecule has 19 heavy (non-hydrogen) atoms. The van der Waals surface area contributed by atoms with E-state index in [1.807, 2.05) is 24.3 Å². The molecule has 1 aromatic carbocycles. The van der Waals surface area contributed by atoms with Crippen molar-refractivity contribution in [2.75, 3.05) is 45.6 Å². The van der Waals surface area contributed by atoms with Gasteiger partial charge in [-0.3, -0.25) is 4.90 Å². The monoisotopic (exact) mass is 260 g/mol. The summed E-state index contributed by atoms with van der Waals surface area (Å²) in [5.74, 6) is 0. The second-order valence-electron chi connectivity index (χ2n) is 5.26. The van der Waals surface area contributed by atoms with Crippen molar-refractivity contribution in [2.45, 2.75) is 6.04 Å². The summed E-state index contributed by atoms with van der Waals surface area (Å²) < 4.78 is 5.67. The molecular formula is C14H20N4O. The van der Waals surface area contributed by atoms with Gasteiger partial charge in [-0.1, -0.05) is 12.1 Å². The highest BCUT2D eigenvalue weighted by Crippen LogP contribution is 2.18. The van der Waals surface area contributed by atoms with Crippen molar-refractivity contribution in [3.63, 3.8) is 0 Å². The molecule has 0 aliphatic carbocycles. The minimum atomic E-state index is 0.494. The molecule has 1 aliphatic heterocycles. The molecular weight excluding hydrogens is 240 g/mol. The third-order valence-electron chi connectivity index (χ3n) is 3.76. The van der Waals surface area contributed by atoms with Gasteiger partial charge in [0.25, 0.3) is 6.01 Å². The smallest absolute Gasteiger partial charge is 0.295 e. The normalized spacial score (nSPS) is 21.9. The van der Waals surface area contributed by atoms with E-state index in [0.717, 1.165) is 37.3 Å². The number of nitrogens with one attached hydrogen (secondary N) is 1. The van der Waals surface area contributed by atoms with E-state index in [0.29, 0.717) is 12.1 Å². The lowest BCUT2D eigenvalue weighted by molar-refractivity contribution is 0.121. The fourth-order valence-electron chi connectivity index (χ4n) is 2.47. The molecule has 1 saturated heterocycles. The van der Waals surface area contributed by atoms with Gasteiger partial charge in [-0.05, 0) is 26.2 Å². The molecule has 3 rings (SSSR count). The first-order valence-electron chi connectivity index (χ1n) is 6.70. The summed E-state index contributed by atoms with van der Waals surface area (Å²) in [4.78, 5) is 9.18. The van der Waals surface area contributed by atoms with Gasteiger partial charge < -0.3 is 14.6 Å². The van der Waals surface area contributed by atoms with Crippen LogP contribution in [0.1, 0.15) is 0 Å². The van der Waals surface area contributed by atoms with Crippen molar-refractivity contribution in [1.29, 1.82) is 0 Å². The Labute approximate surface area is 113 Å². The Hall–Kier alpha value is -1.59. The molecule has 5 heteroatoms. The first-order valence-corrected chi connectivity index (χ1v) is 6.70. The maximum atomic E-state index is 5.67. The van der Waals surface area contributed by atoms with E-state index in [1.54, 1.807) is 0 Å². The Bertz CT molecular complexity index is 520. The largest absolute Gasteiger partial charge is 0.424 e. The molecule has 0 bridgehead atoms. The van der Waals surface area contributed by atoms with Gasteiger partial charge in [0, 0.05) is 32.2 Å². The standard InChI is InChI=1S/C14H20N4O/c1-17-7-8-18(2)11(10-17)9-15-14-16-12-5-3-4-6-13(12)19-14/h3-6,11H,7-10H2,1-2H3,(H,15,16). The molecule has 0 saturated carbocycles. The minimum absolute atomic E-state index is 0.494. The number of aromatic nitrogens is 1. The number of rotatable bonds is 3. The summed E-state index contributed by atoms with van der Waals surface area (Å²) in [5.41, 5.74) is 1.73. The first kappa shape index (κ1) is 12.4. The van der Waals surface area contributed by atoms with Crippen LogP contribution in [-0.4, -0.2) is 61.1 Å². The molecule has 102 valence electrons. The van der Waals surface area contributed by atoms with Crippen molar-refractivity contribution in [3.05, 3.63) is 24.3 Å². The number of nitrogens with zero attached hydrogens (tertiary/aromatic N) is 3. The fourth-order valence-corrected chi connectivity index (χ4v) is 2.47. The summed E-state index contributed by atoms with van der Waals surface area (Å²) in [6, 6.07) is 8.94. The maximum Gasteiger partial charge on any atom is 0.295 e. The number of piperazine rings is 1. The van der Waals surface area contributed by atoms with Crippen molar-refractivity contribution in [1.82, 2.24) is 14.8 Å². The zero-order valence-electron chi connectivity index (χ0n) is 11.5. The summed E-state index contributed by atoms with van der Waals surface area (Å²) in [6.07, 6.45) is 0. The average molecular weight is 260 g/mol. The number of fused-ring (bicyclic) bond motifs is 1. The first-order chi connectivity index (χ1) is 9.22. The topological polar surface area (TPSA) is 44.5 Å². The zero-order valence-corrected chi connectivity index (χ0v) is 11.5. The molecule has 0 spiro atoms. The number of anilines is 1. The SMILES string of the molecule is CN1CCN(C)C(CNc2nc3ccccc3o2)C1. The third-order valence-corrected chi connectivity index (χ3v) is 3.76. The summed E-state index contributed by atoms with van der Waals surface area (Å²) in [7, 11) is 4.34. The average Bonchev–Trinajstić information content (AvgIpc) is 2.82. The second-order valence-corrected chi connectivity index (χ2v) is 5.26. The Morgan fingerprint density at radius 3 is 3.00 bits per heavy atom.